The van der Waals surface area contributed by atoms with Gasteiger partial charge in [-0.2, -0.15) is 4.98 Å². The van der Waals surface area contributed by atoms with Crippen LogP contribution < -0.4 is 26.0 Å². The maximum absolute atomic E-state index is 13.4. The fraction of sp³-hybridized carbons (Fsp3) is 0.562. The number of ether oxygens (including phenoxy) is 2. The van der Waals surface area contributed by atoms with Gasteiger partial charge in [0.15, 0.2) is 6.29 Å². The topological polar surface area (TPSA) is 171 Å². The molecule has 2 saturated carbocycles. The van der Waals surface area contributed by atoms with Gasteiger partial charge in [-0.3, -0.25) is 28.8 Å². The minimum Gasteiger partial charge on any atom is -0.489 e. The van der Waals surface area contributed by atoms with Crippen LogP contribution in [0.25, 0.3) is 22.1 Å². The normalized spacial score (nSPS) is 18.8. The van der Waals surface area contributed by atoms with Crippen LogP contribution in [-0.2, 0) is 21.4 Å². The van der Waals surface area contributed by atoms with Gasteiger partial charge in [0, 0.05) is 57.0 Å². The highest BCUT2D eigenvalue weighted by molar-refractivity contribution is 6.00. The molecular weight excluding hydrogens is 813 g/mol. The number of aldehydes is 1. The van der Waals surface area contributed by atoms with Crippen molar-refractivity contribution in [2.45, 2.75) is 136 Å². The first-order chi connectivity index (χ1) is 30.8. The summed E-state index contributed by atoms with van der Waals surface area (Å²) in [5.41, 5.74) is 3.47. The van der Waals surface area contributed by atoms with Crippen molar-refractivity contribution in [3.05, 3.63) is 65.0 Å². The van der Waals surface area contributed by atoms with Crippen LogP contribution in [0.2, 0.25) is 0 Å². The number of hydrogen-bond acceptors (Lipinski definition) is 12. The molecule has 2 atom stereocenters. The van der Waals surface area contributed by atoms with Crippen LogP contribution >= 0.6 is 0 Å². The zero-order valence-corrected chi connectivity index (χ0v) is 39.6. The second-order valence-corrected chi connectivity index (χ2v) is 17.0. The first-order valence-corrected chi connectivity index (χ1v) is 23.1. The molecular formula is C48H70N10O6. The summed E-state index contributed by atoms with van der Waals surface area (Å²) in [5, 5.41) is 6.41. The lowest BCUT2D eigenvalue weighted by molar-refractivity contribution is -0.135. The fourth-order valence-electron chi connectivity index (χ4n) is 8.37. The lowest BCUT2D eigenvalue weighted by Gasteiger charge is -2.37. The summed E-state index contributed by atoms with van der Waals surface area (Å²) in [5.74, 6) is 0.940. The lowest BCUT2D eigenvalue weighted by Crippen LogP contribution is -2.44. The van der Waals surface area contributed by atoms with Gasteiger partial charge >= 0.3 is 5.69 Å². The van der Waals surface area contributed by atoms with Gasteiger partial charge in [-0.05, 0) is 91.0 Å². The number of carbonyl (C=O) groups is 3. The Balaban J connectivity index is 0.000000792. The van der Waals surface area contributed by atoms with E-state index >= 15 is 0 Å². The third-order valence-corrected chi connectivity index (χ3v) is 11.3. The molecule has 1 aliphatic heterocycles. The van der Waals surface area contributed by atoms with Gasteiger partial charge in [0.25, 0.3) is 0 Å². The molecule has 16 nitrogen and oxygen atoms in total. The van der Waals surface area contributed by atoms with Crippen LogP contribution in [-0.4, -0.2) is 104 Å². The van der Waals surface area contributed by atoms with Crippen molar-refractivity contribution < 1.29 is 23.9 Å². The minimum absolute atomic E-state index is 0.00982. The number of imidazole rings is 1. The summed E-state index contributed by atoms with van der Waals surface area (Å²) in [7, 11) is 7.73. The molecule has 0 spiro atoms. The van der Waals surface area contributed by atoms with Crippen LogP contribution in [0.3, 0.4) is 0 Å². The van der Waals surface area contributed by atoms with Gasteiger partial charge in [-0.15, -0.1) is 0 Å². The number of aromatic nitrogens is 6. The molecule has 5 heterocycles. The van der Waals surface area contributed by atoms with Crippen molar-refractivity contribution in [3.63, 3.8) is 0 Å². The van der Waals surface area contributed by atoms with Gasteiger partial charge in [0.05, 0.1) is 40.8 Å². The maximum Gasteiger partial charge on any atom is 0.329 e. The second-order valence-electron chi connectivity index (χ2n) is 17.0. The van der Waals surface area contributed by atoms with Crippen molar-refractivity contribution in [1.29, 1.82) is 0 Å². The van der Waals surface area contributed by atoms with Gasteiger partial charge in [0.2, 0.25) is 17.8 Å². The average molecular weight is 883 g/mol. The number of anilines is 3. The Hall–Kier alpha value is -5.61. The number of carbonyl (C=O) groups excluding carboxylic acids is 3. The molecule has 2 N–H and O–H groups in total. The minimum atomic E-state index is -0.725. The van der Waals surface area contributed by atoms with E-state index in [-0.39, 0.29) is 42.4 Å². The first-order valence-electron chi connectivity index (χ1n) is 23.1. The summed E-state index contributed by atoms with van der Waals surface area (Å²) in [4.78, 5) is 67.6. The van der Waals surface area contributed by atoms with Crippen molar-refractivity contribution in [3.8, 4) is 5.75 Å². The largest absolute Gasteiger partial charge is 0.489 e. The van der Waals surface area contributed by atoms with Crippen LogP contribution in [0, 0.1) is 0 Å². The Bertz CT molecular complexity index is 2360. The molecule has 2 aliphatic carbocycles. The number of nitrogens with zero attached hydrogens (tertiary/aromatic N) is 8. The number of hydrogen-bond donors (Lipinski definition) is 2. The predicted octanol–water partition coefficient (Wildman–Crippen LogP) is 7.98. The molecule has 1 aromatic carbocycles. The van der Waals surface area contributed by atoms with E-state index in [1.165, 1.54) is 11.0 Å². The van der Waals surface area contributed by atoms with E-state index in [0.717, 1.165) is 86.6 Å². The molecule has 2 unspecified atom stereocenters. The van der Waals surface area contributed by atoms with Gasteiger partial charge in [-0.1, -0.05) is 53.0 Å². The molecule has 64 heavy (non-hydrogen) atoms. The van der Waals surface area contributed by atoms with E-state index in [0.29, 0.717) is 35.1 Å². The predicted molar refractivity (Wildman–Crippen MR) is 254 cm³/mol. The van der Waals surface area contributed by atoms with Crippen molar-refractivity contribution in [2.75, 3.05) is 44.4 Å². The fourth-order valence-corrected chi connectivity index (χ4v) is 8.37. The third-order valence-electron chi connectivity index (χ3n) is 11.3. The molecule has 5 aromatic rings. The smallest absolute Gasteiger partial charge is 0.329 e. The summed E-state index contributed by atoms with van der Waals surface area (Å²) >= 11 is 0. The number of nitrogens with one attached hydrogen (secondary N) is 2. The number of aryl methyl sites for hydroxylation is 1. The summed E-state index contributed by atoms with van der Waals surface area (Å²) in [6.45, 7) is 13.9. The van der Waals surface area contributed by atoms with Crippen molar-refractivity contribution in [1.82, 2.24) is 38.9 Å². The van der Waals surface area contributed by atoms with Crippen LogP contribution in [0.1, 0.15) is 128 Å². The van der Waals surface area contributed by atoms with E-state index in [4.69, 9.17) is 14.5 Å². The number of benzene rings is 1. The number of pyridine rings is 1. The van der Waals surface area contributed by atoms with E-state index in [1.807, 2.05) is 76.3 Å². The number of amides is 2. The summed E-state index contributed by atoms with van der Waals surface area (Å²) < 4.78 is 17.8. The van der Waals surface area contributed by atoms with E-state index < -0.39 is 11.9 Å². The van der Waals surface area contributed by atoms with E-state index in [1.54, 1.807) is 24.0 Å². The second kappa shape index (κ2) is 23.4. The Labute approximate surface area is 377 Å². The number of piperidine rings is 1. The molecule has 0 radical (unpaired) electrons. The number of fused-ring (bicyclic) bond motifs is 2. The van der Waals surface area contributed by atoms with Crippen molar-refractivity contribution >= 4 is 57.6 Å². The summed E-state index contributed by atoms with van der Waals surface area (Å²) in [6, 6.07) is 10.9. The monoisotopic (exact) mass is 883 g/mol. The first kappa shape index (κ1) is 49.4. The lowest BCUT2D eigenvalue weighted by atomic mass is 9.91. The van der Waals surface area contributed by atoms with Crippen LogP contribution in [0.15, 0.2) is 53.6 Å². The molecule has 3 aliphatic rings. The van der Waals surface area contributed by atoms with Crippen LogP contribution in [0.5, 0.6) is 5.75 Å². The van der Waals surface area contributed by atoms with Crippen molar-refractivity contribution in [2.24, 2.45) is 7.05 Å². The Morgan fingerprint density at radius 3 is 2.28 bits per heavy atom. The Morgan fingerprint density at radius 1 is 0.953 bits per heavy atom. The molecule has 16 heteroatoms. The SMILES string of the molecule is CC.CCC.CCN(CCC(C)OC1CC(Oc2ccc(Nc3ncc4cc(C=O)n(C5CCCC5)c4n3)nc2)C1)c1cccc2c1n(C)c(=O)n2C1CCC(=O)NC1=O.CN(C)C. The molecule has 4 aromatic heterocycles. The number of para-hydroxylation sites is 1. The van der Waals surface area contributed by atoms with Gasteiger partial charge in [0.1, 0.15) is 29.4 Å². The highest BCUT2D eigenvalue weighted by Crippen LogP contribution is 2.35. The quantitative estimate of drug-likeness (QED) is 0.0816. The Morgan fingerprint density at radius 2 is 1.66 bits per heavy atom. The number of imide groups is 1. The average Bonchev–Trinajstić information content (AvgIpc) is 3.99. The van der Waals surface area contributed by atoms with Gasteiger partial charge < -0.3 is 29.2 Å². The summed E-state index contributed by atoms with van der Waals surface area (Å²) in [6.07, 6.45) is 13.0. The van der Waals surface area contributed by atoms with Gasteiger partial charge in [-0.25, -0.2) is 14.8 Å². The third kappa shape index (κ3) is 11.9. The van der Waals surface area contributed by atoms with E-state index in [2.05, 4.69) is 57.8 Å². The number of rotatable bonds is 14. The highest BCUT2D eigenvalue weighted by Gasteiger charge is 2.34. The Kier molecular flexibility index (Phi) is 18.0. The molecule has 348 valence electrons. The molecule has 2 amide bonds. The zero-order chi connectivity index (χ0) is 46.5. The maximum atomic E-state index is 13.4. The molecule has 0 bridgehead atoms. The van der Waals surface area contributed by atoms with Crippen LogP contribution in [0.4, 0.5) is 17.5 Å². The highest BCUT2D eigenvalue weighted by atomic mass is 16.5. The molecule has 3 fully saturated rings. The standard InChI is InChI=1S/C40H47N9O6.C3H9N.C3H8.C2H6/c1-4-47(31-10-7-11-32-36(31)46(3)40(53)49(32)33-13-15-35(51)44-38(33)52)17-16-24(2)54-29-19-30(20-29)55-28-12-14-34(41-22-28)43-39-42-21-25-18-27(23-50)48(37(25)45-39)26-8-5-6-9-26;1-4(2)3;1-3-2;1-2/h7,10-12,14,18,21-24,26,29-30,33H,4-6,8-9,13,15-17,19-20H2,1-3H3,(H,44,51,52)(H,41,42,43,45);1-3H3;3H2,1-2H3;1-2H3. The molecule has 1 saturated heterocycles. The van der Waals surface area contributed by atoms with E-state index in [9.17, 15) is 19.2 Å². The zero-order valence-electron chi connectivity index (χ0n) is 39.6. The molecule has 8 rings (SSSR count).